The molecule has 0 aromatic heterocycles. The zero-order valence-electron chi connectivity index (χ0n) is 7.68. The summed E-state index contributed by atoms with van der Waals surface area (Å²) < 4.78 is 1.13. The van der Waals surface area contributed by atoms with Crippen molar-refractivity contribution in [2.45, 2.75) is 25.2 Å². The van der Waals surface area contributed by atoms with Gasteiger partial charge in [0.2, 0.25) is 0 Å². The van der Waals surface area contributed by atoms with E-state index in [4.69, 9.17) is 0 Å². The summed E-state index contributed by atoms with van der Waals surface area (Å²) in [5, 5.41) is 9.30. The van der Waals surface area contributed by atoms with Crippen molar-refractivity contribution in [3.63, 3.8) is 0 Å². The highest BCUT2D eigenvalue weighted by Crippen LogP contribution is 2.50. The van der Waals surface area contributed by atoms with Crippen LogP contribution in [-0.2, 0) is 5.41 Å². The molecule has 0 radical (unpaired) electrons. The molecule has 1 N–H and O–H groups in total. The third-order valence-electron chi connectivity index (χ3n) is 2.85. The first-order valence-corrected chi connectivity index (χ1v) is 5.35. The van der Waals surface area contributed by atoms with Crippen molar-refractivity contribution in [3.05, 3.63) is 33.8 Å². The first-order valence-electron chi connectivity index (χ1n) is 4.55. The number of aliphatic hydroxyl groups excluding tert-OH is 1. The molecule has 1 nitrogen and oxygen atoms in total. The molecule has 0 aliphatic heterocycles. The second kappa shape index (κ2) is 3.10. The predicted molar refractivity (Wildman–Crippen MR) is 56.9 cm³/mol. The average Bonchev–Trinajstić information content (AvgIpc) is 2.90. The van der Waals surface area contributed by atoms with E-state index in [2.05, 4.69) is 41.1 Å². The fraction of sp³-hybridized carbons (Fsp3) is 0.455. The summed E-state index contributed by atoms with van der Waals surface area (Å²) in [6.45, 7) is 2.36. The number of benzene rings is 1. The van der Waals surface area contributed by atoms with Gasteiger partial charge in [0.1, 0.15) is 0 Å². The van der Waals surface area contributed by atoms with E-state index in [1.807, 2.05) is 0 Å². The molecule has 1 fully saturated rings. The van der Waals surface area contributed by atoms with Gasteiger partial charge in [-0.05, 0) is 31.4 Å². The third-order valence-corrected chi connectivity index (χ3v) is 3.54. The highest BCUT2D eigenvalue weighted by atomic mass is 79.9. The molecule has 1 saturated carbocycles. The lowest BCUT2D eigenvalue weighted by molar-refractivity contribution is 0.254. The maximum atomic E-state index is 9.30. The largest absolute Gasteiger partial charge is 0.395 e. The van der Waals surface area contributed by atoms with Gasteiger partial charge in [-0.1, -0.05) is 33.6 Å². The van der Waals surface area contributed by atoms with Gasteiger partial charge >= 0.3 is 0 Å². The molecule has 1 aliphatic carbocycles. The van der Waals surface area contributed by atoms with Gasteiger partial charge < -0.3 is 5.11 Å². The van der Waals surface area contributed by atoms with Crippen molar-refractivity contribution >= 4 is 15.9 Å². The van der Waals surface area contributed by atoms with Gasteiger partial charge in [0.15, 0.2) is 0 Å². The Hall–Kier alpha value is -0.340. The molecule has 70 valence electrons. The van der Waals surface area contributed by atoms with Crippen molar-refractivity contribution in [3.8, 4) is 0 Å². The fourth-order valence-corrected chi connectivity index (χ4v) is 2.38. The predicted octanol–water partition coefficient (Wildman–Crippen LogP) is 2.78. The van der Waals surface area contributed by atoms with Gasteiger partial charge in [0, 0.05) is 9.89 Å². The molecule has 2 rings (SSSR count). The number of aryl methyl sites for hydroxylation is 1. The van der Waals surface area contributed by atoms with Crippen LogP contribution in [0.3, 0.4) is 0 Å². The number of hydrogen-bond donors (Lipinski definition) is 1. The summed E-state index contributed by atoms with van der Waals surface area (Å²) >= 11 is 3.54. The number of hydrogen-bond acceptors (Lipinski definition) is 1. The molecule has 2 heteroatoms. The van der Waals surface area contributed by atoms with E-state index in [1.165, 1.54) is 11.1 Å². The van der Waals surface area contributed by atoms with Gasteiger partial charge in [-0.25, -0.2) is 0 Å². The smallest absolute Gasteiger partial charge is 0.0528 e. The van der Waals surface area contributed by atoms with Gasteiger partial charge in [-0.3, -0.25) is 0 Å². The zero-order valence-corrected chi connectivity index (χ0v) is 9.26. The fourth-order valence-electron chi connectivity index (χ4n) is 1.71. The molecular weight excluding hydrogens is 228 g/mol. The Bertz CT molecular complexity index is 329. The quantitative estimate of drug-likeness (QED) is 0.844. The van der Waals surface area contributed by atoms with E-state index in [0.717, 1.165) is 17.3 Å². The summed E-state index contributed by atoms with van der Waals surface area (Å²) in [6.07, 6.45) is 2.23. The van der Waals surface area contributed by atoms with Gasteiger partial charge in [-0.2, -0.15) is 0 Å². The summed E-state index contributed by atoms with van der Waals surface area (Å²) in [4.78, 5) is 0. The third kappa shape index (κ3) is 1.53. The molecule has 0 atom stereocenters. The maximum absolute atomic E-state index is 9.30. The Morgan fingerprint density at radius 1 is 1.46 bits per heavy atom. The summed E-state index contributed by atoms with van der Waals surface area (Å²) in [5.74, 6) is 0. The molecule has 13 heavy (non-hydrogen) atoms. The highest BCUT2D eigenvalue weighted by molar-refractivity contribution is 9.10. The molecule has 1 aromatic carbocycles. The number of halogens is 1. The molecule has 0 unspecified atom stereocenters. The minimum Gasteiger partial charge on any atom is -0.395 e. The minimum absolute atomic E-state index is 0.0743. The summed E-state index contributed by atoms with van der Waals surface area (Å²) in [6, 6.07) is 6.33. The summed E-state index contributed by atoms with van der Waals surface area (Å²) in [5.41, 5.74) is 2.61. The van der Waals surface area contributed by atoms with Crippen LogP contribution in [-0.4, -0.2) is 11.7 Å². The lowest BCUT2D eigenvalue weighted by Gasteiger charge is -2.14. The van der Waals surface area contributed by atoms with Crippen molar-refractivity contribution in [2.75, 3.05) is 6.61 Å². The topological polar surface area (TPSA) is 20.2 Å². The molecule has 0 heterocycles. The zero-order chi connectivity index (χ0) is 9.47. The van der Waals surface area contributed by atoms with Crippen LogP contribution in [0.5, 0.6) is 0 Å². The SMILES string of the molecule is Cc1ccc(Br)c(C2(CO)CC2)c1. The average molecular weight is 241 g/mol. The lowest BCUT2D eigenvalue weighted by atomic mass is 9.95. The molecular formula is C11H13BrO. The highest BCUT2D eigenvalue weighted by Gasteiger charge is 2.44. The molecule has 0 saturated heterocycles. The van der Waals surface area contributed by atoms with Crippen molar-refractivity contribution < 1.29 is 5.11 Å². The van der Waals surface area contributed by atoms with E-state index < -0.39 is 0 Å². The maximum Gasteiger partial charge on any atom is 0.0528 e. The standard InChI is InChI=1S/C11H13BrO/c1-8-2-3-10(12)9(6-8)11(7-13)4-5-11/h2-3,6,13H,4-5,7H2,1H3. The van der Waals surface area contributed by atoms with Crippen molar-refractivity contribution in [1.82, 2.24) is 0 Å². The van der Waals surface area contributed by atoms with Gasteiger partial charge in [0.05, 0.1) is 6.61 Å². The molecule has 1 aromatic rings. The van der Waals surface area contributed by atoms with Crippen LogP contribution >= 0.6 is 15.9 Å². The van der Waals surface area contributed by atoms with E-state index in [9.17, 15) is 5.11 Å². The van der Waals surface area contributed by atoms with E-state index in [0.29, 0.717) is 0 Å². The van der Waals surface area contributed by atoms with E-state index in [-0.39, 0.29) is 12.0 Å². The van der Waals surface area contributed by atoms with Crippen LogP contribution in [0.4, 0.5) is 0 Å². The van der Waals surface area contributed by atoms with Crippen LogP contribution in [0.15, 0.2) is 22.7 Å². The van der Waals surface area contributed by atoms with Gasteiger partial charge in [0.25, 0.3) is 0 Å². The normalized spacial score (nSPS) is 18.7. The number of rotatable bonds is 2. The monoisotopic (exact) mass is 240 g/mol. The first-order chi connectivity index (χ1) is 6.18. The van der Waals surface area contributed by atoms with Crippen LogP contribution in [0, 0.1) is 6.92 Å². The Labute approximate surface area is 86.9 Å². The Kier molecular flexibility index (Phi) is 2.20. The molecule has 0 spiro atoms. The molecule has 0 bridgehead atoms. The second-order valence-corrected chi connectivity index (χ2v) is 4.78. The van der Waals surface area contributed by atoms with E-state index in [1.54, 1.807) is 0 Å². The van der Waals surface area contributed by atoms with E-state index >= 15 is 0 Å². The first kappa shape index (κ1) is 9.22. The molecule has 1 aliphatic rings. The van der Waals surface area contributed by atoms with Crippen molar-refractivity contribution in [1.29, 1.82) is 0 Å². The Morgan fingerprint density at radius 2 is 2.15 bits per heavy atom. The van der Waals surface area contributed by atoms with Crippen LogP contribution in [0.1, 0.15) is 24.0 Å². The lowest BCUT2D eigenvalue weighted by Crippen LogP contribution is -2.12. The molecule has 0 amide bonds. The minimum atomic E-state index is 0.0743. The van der Waals surface area contributed by atoms with Gasteiger partial charge in [-0.15, -0.1) is 0 Å². The van der Waals surface area contributed by atoms with Crippen LogP contribution < -0.4 is 0 Å². The van der Waals surface area contributed by atoms with Crippen LogP contribution in [0.25, 0.3) is 0 Å². The number of aliphatic hydroxyl groups is 1. The second-order valence-electron chi connectivity index (χ2n) is 3.92. The Morgan fingerprint density at radius 3 is 2.69 bits per heavy atom. The van der Waals surface area contributed by atoms with Crippen LogP contribution in [0.2, 0.25) is 0 Å². The van der Waals surface area contributed by atoms with Crippen molar-refractivity contribution in [2.24, 2.45) is 0 Å². The Balaban J connectivity index is 2.44. The summed E-state index contributed by atoms with van der Waals surface area (Å²) in [7, 11) is 0.